The van der Waals surface area contributed by atoms with E-state index < -0.39 is 0 Å². The summed E-state index contributed by atoms with van der Waals surface area (Å²) in [4.78, 5) is 4.09. The smallest absolute Gasteiger partial charge is 0.202 e. The van der Waals surface area contributed by atoms with Gasteiger partial charge in [0.2, 0.25) is 10.3 Å². The van der Waals surface area contributed by atoms with E-state index >= 15 is 0 Å². The Morgan fingerprint density at radius 2 is 2.07 bits per heavy atom. The Bertz CT molecular complexity index is 436. The van der Waals surface area contributed by atoms with Gasteiger partial charge in [-0.05, 0) is 12.5 Å². The maximum Gasteiger partial charge on any atom is 0.202 e. The summed E-state index contributed by atoms with van der Waals surface area (Å²) in [7, 11) is 0. The van der Waals surface area contributed by atoms with Crippen LogP contribution in [0, 0.1) is 6.92 Å². The highest BCUT2D eigenvalue weighted by Crippen LogP contribution is 2.22. The molecule has 0 bridgehead atoms. The summed E-state index contributed by atoms with van der Waals surface area (Å²) in [6.07, 6.45) is 0. The van der Waals surface area contributed by atoms with Crippen molar-refractivity contribution in [1.29, 1.82) is 0 Å². The molecule has 0 radical (unpaired) electrons. The molecule has 78 valence electrons. The van der Waals surface area contributed by atoms with E-state index in [-0.39, 0.29) is 0 Å². The molecule has 0 amide bonds. The van der Waals surface area contributed by atoms with Gasteiger partial charge in [0.1, 0.15) is 0 Å². The standard InChI is InChI=1S/C10H11N3S2/c1-7-2-4-8(5-3-7)6-14-10-12-9(11)15-13-10/h2-5H,6H2,1H3,(H2,11,12,13). The third-order valence-electron chi connectivity index (χ3n) is 1.91. The topological polar surface area (TPSA) is 51.8 Å². The lowest BCUT2D eigenvalue weighted by atomic mass is 10.2. The number of nitrogens with zero attached hydrogens (tertiary/aromatic N) is 2. The zero-order valence-electron chi connectivity index (χ0n) is 8.30. The molecule has 5 heteroatoms. The van der Waals surface area contributed by atoms with Crippen LogP contribution in [0.1, 0.15) is 11.1 Å². The minimum atomic E-state index is 0.529. The molecule has 2 N–H and O–H groups in total. The van der Waals surface area contributed by atoms with Gasteiger partial charge in [-0.2, -0.15) is 9.36 Å². The number of hydrogen-bond acceptors (Lipinski definition) is 5. The van der Waals surface area contributed by atoms with Crippen LogP contribution in [-0.2, 0) is 5.75 Å². The second kappa shape index (κ2) is 4.63. The molecule has 0 aliphatic rings. The third kappa shape index (κ3) is 2.94. The van der Waals surface area contributed by atoms with Crippen LogP contribution >= 0.6 is 23.3 Å². The first-order valence-corrected chi connectivity index (χ1v) is 6.27. The van der Waals surface area contributed by atoms with Crippen LogP contribution in [0.25, 0.3) is 0 Å². The Labute approximate surface area is 96.9 Å². The average Bonchev–Trinajstić information content (AvgIpc) is 2.64. The fourth-order valence-corrected chi connectivity index (χ4v) is 2.48. The summed E-state index contributed by atoms with van der Waals surface area (Å²) in [5.41, 5.74) is 8.05. The van der Waals surface area contributed by atoms with Crippen LogP contribution in [0.15, 0.2) is 29.4 Å². The lowest BCUT2D eigenvalue weighted by molar-refractivity contribution is 1.08. The number of aromatic nitrogens is 2. The maximum atomic E-state index is 5.50. The van der Waals surface area contributed by atoms with Crippen molar-refractivity contribution < 1.29 is 0 Å². The Morgan fingerprint density at radius 1 is 1.33 bits per heavy atom. The highest BCUT2D eigenvalue weighted by atomic mass is 32.2. The SMILES string of the molecule is Cc1ccc(CSc2nsc(N)n2)cc1. The number of rotatable bonds is 3. The van der Waals surface area contributed by atoms with Crippen LogP contribution in [0.4, 0.5) is 5.13 Å². The van der Waals surface area contributed by atoms with Crippen molar-refractivity contribution in [2.75, 3.05) is 5.73 Å². The van der Waals surface area contributed by atoms with E-state index in [0.29, 0.717) is 5.13 Å². The summed E-state index contributed by atoms with van der Waals surface area (Å²) in [6.45, 7) is 2.08. The molecular weight excluding hydrogens is 226 g/mol. The number of hydrogen-bond donors (Lipinski definition) is 1. The summed E-state index contributed by atoms with van der Waals surface area (Å²) in [6, 6.07) is 8.47. The Morgan fingerprint density at radius 3 is 2.67 bits per heavy atom. The maximum absolute atomic E-state index is 5.50. The van der Waals surface area contributed by atoms with E-state index in [1.807, 2.05) is 0 Å². The summed E-state index contributed by atoms with van der Waals surface area (Å²) >= 11 is 2.85. The Hall–Kier alpha value is -1.07. The van der Waals surface area contributed by atoms with E-state index in [4.69, 9.17) is 5.73 Å². The normalized spacial score (nSPS) is 10.5. The molecule has 1 heterocycles. The first-order valence-electron chi connectivity index (χ1n) is 4.51. The van der Waals surface area contributed by atoms with Crippen LogP contribution < -0.4 is 5.73 Å². The van der Waals surface area contributed by atoms with Crippen molar-refractivity contribution in [1.82, 2.24) is 9.36 Å². The van der Waals surface area contributed by atoms with Gasteiger partial charge < -0.3 is 5.73 Å². The zero-order valence-corrected chi connectivity index (χ0v) is 9.94. The van der Waals surface area contributed by atoms with E-state index in [9.17, 15) is 0 Å². The van der Waals surface area contributed by atoms with Gasteiger partial charge in [-0.3, -0.25) is 0 Å². The number of nitrogens with two attached hydrogens (primary N) is 1. The van der Waals surface area contributed by atoms with Gasteiger partial charge in [0.25, 0.3) is 0 Å². The molecule has 1 aromatic carbocycles. The van der Waals surface area contributed by atoms with Crippen LogP contribution in [-0.4, -0.2) is 9.36 Å². The van der Waals surface area contributed by atoms with E-state index in [2.05, 4.69) is 40.5 Å². The molecule has 0 unspecified atom stereocenters. The van der Waals surface area contributed by atoms with Gasteiger partial charge >= 0.3 is 0 Å². The molecule has 0 saturated heterocycles. The monoisotopic (exact) mass is 237 g/mol. The van der Waals surface area contributed by atoms with Crippen molar-refractivity contribution in [3.8, 4) is 0 Å². The van der Waals surface area contributed by atoms with E-state index in [1.165, 1.54) is 22.7 Å². The van der Waals surface area contributed by atoms with Gasteiger partial charge in [-0.25, -0.2) is 0 Å². The second-order valence-electron chi connectivity index (χ2n) is 3.19. The highest BCUT2D eigenvalue weighted by Gasteiger charge is 2.01. The summed E-state index contributed by atoms with van der Waals surface area (Å²) in [5.74, 6) is 0.885. The van der Waals surface area contributed by atoms with Gasteiger partial charge in [0.15, 0.2) is 0 Å². The molecule has 0 atom stereocenters. The van der Waals surface area contributed by atoms with Gasteiger partial charge in [0, 0.05) is 17.3 Å². The number of aryl methyl sites for hydroxylation is 1. The predicted molar refractivity (Wildman–Crippen MR) is 65.1 cm³/mol. The van der Waals surface area contributed by atoms with Crippen molar-refractivity contribution >= 4 is 28.4 Å². The lowest BCUT2D eigenvalue weighted by Crippen LogP contribution is -1.84. The lowest BCUT2D eigenvalue weighted by Gasteiger charge is -1.98. The quantitative estimate of drug-likeness (QED) is 0.834. The van der Waals surface area contributed by atoms with Gasteiger partial charge in [-0.15, -0.1) is 0 Å². The molecule has 0 fully saturated rings. The molecule has 2 aromatic rings. The van der Waals surface area contributed by atoms with Crippen molar-refractivity contribution in [2.24, 2.45) is 0 Å². The summed E-state index contributed by atoms with van der Waals surface area (Å²) in [5, 5.41) is 1.29. The van der Waals surface area contributed by atoms with Crippen molar-refractivity contribution in [2.45, 2.75) is 17.8 Å². The molecule has 0 aliphatic carbocycles. The molecule has 0 aliphatic heterocycles. The highest BCUT2D eigenvalue weighted by molar-refractivity contribution is 7.98. The largest absolute Gasteiger partial charge is 0.374 e. The van der Waals surface area contributed by atoms with E-state index in [1.54, 1.807) is 11.8 Å². The Kier molecular flexibility index (Phi) is 3.23. The van der Waals surface area contributed by atoms with E-state index in [0.717, 1.165) is 10.9 Å². The van der Waals surface area contributed by atoms with Crippen molar-refractivity contribution in [3.63, 3.8) is 0 Å². The first-order chi connectivity index (χ1) is 7.24. The van der Waals surface area contributed by atoms with Crippen LogP contribution in [0.2, 0.25) is 0 Å². The van der Waals surface area contributed by atoms with Crippen molar-refractivity contribution in [3.05, 3.63) is 35.4 Å². The third-order valence-corrected chi connectivity index (χ3v) is 3.49. The van der Waals surface area contributed by atoms with Gasteiger partial charge in [-0.1, -0.05) is 41.6 Å². The summed E-state index contributed by atoms with van der Waals surface area (Å²) < 4.78 is 4.12. The second-order valence-corrected chi connectivity index (χ2v) is 4.92. The minimum Gasteiger partial charge on any atom is -0.374 e. The number of anilines is 1. The molecule has 1 aromatic heterocycles. The number of nitrogen functional groups attached to an aromatic ring is 1. The molecule has 2 rings (SSSR count). The molecule has 0 spiro atoms. The first kappa shape index (κ1) is 10.4. The molecule has 0 saturated carbocycles. The molecule has 3 nitrogen and oxygen atoms in total. The van der Waals surface area contributed by atoms with Gasteiger partial charge in [0.05, 0.1) is 0 Å². The number of thioether (sulfide) groups is 1. The molecular formula is C10H11N3S2. The molecule has 15 heavy (non-hydrogen) atoms. The fraction of sp³-hybridized carbons (Fsp3) is 0.200. The van der Waals surface area contributed by atoms with Crippen LogP contribution in [0.3, 0.4) is 0 Å². The predicted octanol–water partition coefficient (Wildman–Crippen LogP) is 2.72. The Balaban J connectivity index is 1.96. The van der Waals surface area contributed by atoms with Crippen LogP contribution in [0.5, 0.6) is 0 Å². The minimum absolute atomic E-state index is 0.529. The average molecular weight is 237 g/mol. The zero-order chi connectivity index (χ0) is 10.7. The fourth-order valence-electron chi connectivity index (χ4n) is 1.11. The number of benzene rings is 1.